The van der Waals surface area contributed by atoms with Crippen molar-refractivity contribution in [1.29, 1.82) is 0 Å². The van der Waals surface area contributed by atoms with Crippen molar-refractivity contribution in [1.82, 2.24) is 10.2 Å². The second kappa shape index (κ2) is 13.4. The van der Waals surface area contributed by atoms with E-state index in [0.29, 0.717) is 25.1 Å². The molecular weight excluding hydrogens is 442 g/mol. The molecule has 2 atom stereocenters. The molecule has 2 rings (SSSR count). The average molecular weight is 490 g/mol. The fraction of sp³-hybridized carbons (Fsp3) is 0.714. The monoisotopic (exact) mass is 489 g/mol. The minimum absolute atomic E-state index is 0.0136. The number of nitrogens with one attached hydrogen (secondary N) is 1. The Morgan fingerprint density at radius 3 is 2.49 bits per heavy atom. The van der Waals surface area contributed by atoms with Crippen LogP contribution in [0.1, 0.15) is 81.3 Å². The third-order valence-corrected chi connectivity index (χ3v) is 7.39. The van der Waals surface area contributed by atoms with Crippen LogP contribution in [0.15, 0.2) is 12.1 Å². The molecule has 1 heterocycles. The number of benzene rings is 1. The number of nitrogens with zero attached hydrogens (tertiary/aromatic N) is 2. The Kier molecular flexibility index (Phi) is 11.2. The third-order valence-electron chi connectivity index (χ3n) is 7.39. The van der Waals surface area contributed by atoms with Crippen LogP contribution in [0.5, 0.6) is 0 Å². The molecule has 2 N–H and O–H groups in total. The first-order valence-electron chi connectivity index (χ1n) is 13.2. The lowest BCUT2D eigenvalue weighted by atomic mass is 9.86. The van der Waals surface area contributed by atoms with Gasteiger partial charge in [-0.1, -0.05) is 13.0 Å². The van der Waals surface area contributed by atoms with Crippen molar-refractivity contribution in [2.75, 3.05) is 44.9 Å². The molecule has 1 fully saturated rings. The molecule has 1 saturated heterocycles. The van der Waals surface area contributed by atoms with E-state index in [-0.39, 0.29) is 30.5 Å². The maximum atomic E-state index is 13.9. The van der Waals surface area contributed by atoms with E-state index in [1.165, 1.54) is 0 Å². The van der Waals surface area contributed by atoms with Crippen LogP contribution in [0.25, 0.3) is 0 Å². The summed E-state index contributed by atoms with van der Waals surface area (Å²) in [6, 6.07) is 4.14. The van der Waals surface area contributed by atoms with Crippen LogP contribution >= 0.6 is 0 Å². The molecule has 2 amide bonds. The summed E-state index contributed by atoms with van der Waals surface area (Å²) in [5, 5.41) is 13.5. The van der Waals surface area contributed by atoms with Crippen molar-refractivity contribution >= 4 is 17.5 Å². The Morgan fingerprint density at radius 1 is 1.23 bits per heavy atom. The predicted octanol–water partition coefficient (Wildman–Crippen LogP) is 4.07. The summed E-state index contributed by atoms with van der Waals surface area (Å²) < 4.78 is 5.20. The molecule has 0 spiro atoms. The zero-order chi connectivity index (χ0) is 26.2. The minimum Gasteiger partial charge on any atom is -0.395 e. The highest BCUT2D eigenvalue weighted by Gasteiger charge is 2.36. The van der Waals surface area contributed by atoms with Crippen molar-refractivity contribution < 1.29 is 19.4 Å². The van der Waals surface area contributed by atoms with Gasteiger partial charge in [0.05, 0.1) is 12.0 Å². The van der Waals surface area contributed by atoms with E-state index in [4.69, 9.17) is 4.74 Å². The highest BCUT2D eigenvalue weighted by atomic mass is 16.5. The number of carbonyl (C=O) groups excluding carboxylic acids is 2. The van der Waals surface area contributed by atoms with Crippen molar-refractivity contribution in [2.45, 2.75) is 85.7 Å². The normalized spacial score (nSPS) is 17.8. The second-order valence-electron chi connectivity index (χ2n) is 10.5. The molecule has 1 aliphatic rings. The highest BCUT2D eigenvalue weighted by molar-refractivity contribution is 6.01. The number of aliphatic hydroxyl groups is 1. The summed E-state index contributed by atoms with van der Waals surface area (Å²) in [5.74, 6) is -0.0953. The number of piperidine rings is 1. The molecule has 0 radical (unpaired) electrons. The number of carbonyl (C=O) groups is 2. The first-order valence-corrected chi connectivity index (χ1v) is 13.2. The van der Waals surface area contributed by atoms with Crippen LogP contribution in [0.4, 0.5) is 5.69 Å². The van der Waals surface area contributed by atoms with Gasteiger partial charge in [0.2, 0.25) is 5.91 Å². The number of ether oxygens (including phenoxy) is 1. The van der Waals surface area contributed by atoms with Gasteiger partial charge in [0, 0.05) is 50.1 Å². The molecule has 7 heteroatoms. The molecule has 7 nitrogen and oxygen atoms in total. The summed E-state index contributed by atoms with van der Waals surface area (Å²) in [7, 11) is 1.67. The lowest BCUT2D eigenvalue weighted by molar-refractivity contribution is -0.129. The van der Waals surface area contributed by atoms with Gasteiger partial charge >= 0.3 is 0 Å². The number of hydrogen-bond acceptors (Lipinski definition) is 5. The smallest absolute Gasteiger partial charge is 0.254 e. The molecule has 0 saturated carbocycles. The molecule has 0 aromatic heterocycles. The SMILES string of the molecule is CCC(C)(CO)C(=O)N(CCCCOC)c1cc(C(=O)N(C(C)C)C2CCCNC2)c(C)cc1C. The number of anilines is 1. The third kappa shape index (κ3) is 7.05. The Bertz CT molecular complexity index is 845. The van der Waals surface area contributed by atoms with Gasteiger partial charge in [-0.3, -0.25) is 9.59 Å². The molecule has 35 heavy (non-hydrogen) atoms. The first-order chi connectivity index (χ1) is 16.6. The maximum absolute atomic E-state index is 13.9. The van der Waals surface area contributed by atoms with Gasteiger partial charge in [0.1, 0.15) is 0 Å². The van der Waals surface area contributed by atoms with E-state index in [1.807, 2.05) is 44.7 Å². The molecular formula is C28H47N3O4. The van der Waals surface area contributed by atoms with E-state index in [0.717, 1.165) is 55.6 Å². The summed E-state index contributed by atoms with van der Waals surface area (Å²) in [4.78, 5) is 31.4. The average Bonchev–Trinajstić information content (AvgIpc) is 2.84. The second-order valence-corrected chi connectivity index (χ2v) is 10.5. The summed E-state index contributed by atoms with van der Waals surface area (Å²) >= 11 is 0. The lowest BCUT2D eigenvalue weighted by Gasteiger charge is -2.38. The number of rotatable bonds is 12. The summed E-state index contributed by atoms with van der Waals surface area (Å²) in [5.41, 5.74) is 2.38. The molecule has 2 unspecified atom stereocenters. The van der Waals surface area contributed by atoms with Crippen LogP contribution < -0.4 is 10.2 Å². The zero-order valence-electron chi connectivity index (χ0n) is 22.9. The fourth-order valence-electron chi connectivity index (χ4n) is 4.90. The zero-order valence-corrected chi connectivity index (χ0v) is 22.9. The van der Waals surface area contributed by atoms with Crippen LogP contribution in [0.2, 0.25) is 0 Å². The van der Waals surface area contributed by atoms with E-state index >= 15 is 0 Å². The summed E-state index contributed by atoms with van der Waals surface area (Å²) in [6.45, 7) is 14.5. The topological polar surface area (TPSA) is 82.1 Å². The molecule has 1 aliphatic heterocycles. The Morgan fingerprint density at radius 2 is 1.94 bits per heavy atom. The number of hydrogen-bond donors (Lipinski definition) is 2. The number of methoxy groups -OCH3 is 1. The Labute approximate surface area is 212 Å². The van der Waals surface area contributed by atoms with Crippen molar-refractivity contribution in [3.05, 3.63) is 28.8 Å². The number of unbranched alkanes of at least 4 members (excludes halogenated alkanes) is 1. The van der Waals surface area contributed by atoms with Crippen molar-refractivity contribution in [2.24, 2.45) is 5.41 Å². The number of amides is 2. The van der Waals surface area contributed by atoms with Gasteiger partial charge in [0.25, 0.3) is 5.91 Å². The standard InChI is InChI=1S/C28H47N3O4/c1-8-28(6,19-32)27(34)30(14-9-10-15-35-7)25-17-24(21(4)16-22(25)5)26(33)31(20(2)3)23-12-11-13-29-18-23/h16-17,20,23,29,32H,8-15,18-19H2,1-7H3. The fourth-order valence-corrected chi connectivity index (χ4v) is 4.90. The number of aliphatic hydroxyl groups excluding tert-OH is 1. The van der Waals surface area contributed by atoms with Crippen LogP contribution in [0.3, 0.4) is 0 Å². The van der Waals surface area contributed by atoms with Gasteiger partial charge in [-0.2, -0.15) is 0 Å². The maximum Gasteiger partial charge on any atom is 0.254 e. The van der Waals surface area contributed by atoms with Crippen molar-refractivity contribution in [3.63, 3.8) is 0 Å². The van der Waals surface area contributed by atoms with Gasteiger partial charge in [-0.15, -0.1) is 0 Å². The highest BCUT2D eigenvalue weighted by Crippen LogP contribution is 2.32. The Hall–Kier alpha value is -1.96. The molecule has 1 aromatic rings. The minimum atomic E-state index is -0.875. The molecule has 1 aromatic carbocycles. The first kappa shape index (κ1) is 29.3. The van der Waals surface area contributed by atoms with E-state index < -0.39 is 5.41 Å². The van der Waals surface area contributed by atoms with Crippen molar-refractivity contribution in [3.8, 4) is 0 Å². The van der Waals surface area contributed by atoms with Gasteiger partial charge in [0.15, 0.2) is 0 Å². The quantitative estimate of drug-likeness (QED) is 0.433. The largest absolute Gasteiger partial charge is 0.395 e. The molecule has 198 valence electrons. The van der Waals surface area contributed by atoms with Crippen LogP contribution in [-0.2, 0) is 9.53 Å². The number of aryl methyl sites for hydroxylation is 2. The summed E-state index contributed by atoms with van der Waals surface area (Å²) in [6.07, 6.45) is 4.18. The van der Waals surface area contributed by atoms with Gasteiger partial charge < -0.3 is 25.0 Å². The Balaban J connectivity index is 2.50. The van der Waals surface area contributed by atoms with Gasteiger partial charge in [-0.05, 0) is 90.5 Å². The van der Waals surface area contributed by atoms with Crippen LogP contribution in [-0.4, -0.2) is 73.9 Å². The van der Waals surface area contributed by atoms with E-state index in [2.05, 4.69) is 19.2 Å². The molecule has 0 bridgehead atoms. The predicted molar refractivity (Wildman–Crippen MR) is 142 cm³/mol. The lowest BCUT2D eigenvalue weighted by Crippen LogP contribution is -2.51. The van der Waals surface area contributed by atoms with E-state index in [1.54, 1.807) is 12.0 Å². The molecule has 0 aliphatic carbocycles. The van der Waals surface area contributed by atoms with Crippen LogP contribution in [0, 0.1) is 19.3 Å². The van der Waals surface area contributed by atoms with Gasteiger partial charge in [-0.25, -0.2) is 0 Å². The van der Waals surface area contributed by atoms with E-state index in [9.17, 15) is 14.7 Å².